The molecule has 0 aliphatic heterocycles. The summed E-state index contributed by atoms with van der Waals surface area (Å²) >= 11 is 0. The van der Waals surface area contributed by atoms with Gasteiger partial charge in [-0.3, -0.25) is 0 Å². The van der Waals surface area contributed by atoms with Gasteiger partial charge in [-0.1, -0.05) is 6.07 Å². The van der Waals surface area contributed by atoms with Gasteiger partial charge in [0.1, 0.15) is 17.4 Å². The van der Waals surface area contributed by atoms with Gasteiger partial charge in [-0.05, 0) is 49.6 Å². The topological polar surface area (TPSA) is 38.1 Å². The van der Waals surface area contributed by atoms with E-state index in [1.54, 1.807) is 6.07 Å². The van der Waals surface area contributed by atoms with Gasteiger partial charge in [0.15, 0.2) is 0 Å². The van der Waals surface area contributed by atoms with Crippen LogP contribution in [0.4, 0.5) is 4.39 Å². The predicted molar refractivity (Wildman–Crippen MR) is 79.8 cm³/mol. The van der Waals surface area contributed by atoms with Gasteiger partial charge in [-0.2, -0.15) is 0 Å². The van der Waals surface area contributed by atoms with Crippen LogP contribution in [-0.2, 0) is 0 Å². The van der Waals surface area contributed by atoms with Crippen molar-refractivity contribution in [1.82, 2.24) is 9.55 Å². The van der Waals surface area contributed by atoms with Crippen LogP contribution < -0.4 is 0 Å². The van der Waals surface area contributed by atoms with E-state index in [4.69, 9.17) is 0 Å². The Hall–Kier alpha value is -2.36. The van der Waals surface area contributed by atoms with Crippen LogP contribution in [-0.4, -0.2) is 14.7 Å². The highest BCUT2D eigenvalue weighted by molar-refractivity contribution is 5.83. The Bertz CT molecular complexity index is 849. The second-order valence-electron chi connectivity index (χ2n) is 5.69. The minimum absolute atomic E-state index is 0.0658. The van der Waals surface area contributed by atoms with E-state index in [-0.39, 0.29) is 5.75 Å². The normalized spacial score (nSPS) is 14.8. The fourth-order valence-electron chi connectivity index (χ4n) is 2.80. The SMILES string of the molecule is Cc1ccc2c(c1)nc(-c1ccc(F)cc1O)n2C1CC1. The zero-order valence-corrected chi connectivity index (χ0v) is 11.7. The van der Waals surface area contributed by atoms with Crippen molar-refractivity contribution in [3.05, 3.63) is 47.8 Å². The van der Waals surface area contributed by atoms with Crippen LogP contribution in [0.5, 0.6) is 5.75 Å². The molecule has 4 heteroatoms. The van der Waals surface area contributed by atoms with E-state index in [2.05, 4.69) is 21.7 Å². The summed E-state index contributed by atoms with van der Waals surface area (Å²) in [5.41, 5.74) is 3.72. The van der Waals surface area contributed by atoms with Crippen LogP contribution in [0.15, 0.2) is 36.4 Å². The van der Waals surface area contributed by atoms with E-state index in [9.17, 15) is 9.50 Å². The molecular weight excluding hydrogens is 267 g/mol. The Morgan fingerprint density at radius 3 is 2.71 bits per heavy atom. The number of rotatable bonds is 2. The number of benzene rings is 2. The van der Waals surface area contributed by atoms with Crippen LogP contribution in [0.3, 0.4) is 0 Å². The second kappa shape index (κ2) is 4.32. The molecule has 0 amide bonds. The molecule has 21 heavy (non-hydrogen) atoms. The number of aryl methyl sites for hydroxylation is 1. The smallest absolute Gasteiger partial charge is 0.145 e. The number of fused-ring (bicyclic) bond motifs is 1. The molecule has 0 unspecified atom stereocenters. The Balaban J connectivity index is 2.01. The van der Waals surface area contributed by atoms with E-state index in [0.717, 1.165) is 41.3 Å². The molecule has 0 spiro atoms. The standard InChI is InChI=1S/C17H15FN2O/c1-10-2-7-15-14(8-10)19-17(20(15)12-4-5-12)13-6-3-11(18)9-16(13)21/h2-3,6-9,12,21H,4-5H2,1H3. The highest BCUT2D eigenvalue weighted by Gasteiger charge is 2.29. The van der Waals surface area contributed by atoms with E-state index in [1.165, 1.54) is 6.07 Å². The number of hydrogen-bond donors (Lipinski definition) is 1. The third-order valence-electron chi connectivity index (χ3n) is 3.96. The molecule has 3 nitrogen and oxygen atoms in total. The van der Waals surface area contributed by atoms with Crippen LogP contribution >= 0.6 is 0 Å². The number of phenols is 1. The van der Waals surface area contributed by atoms with Crippen LogP contribution in [0.25, 0.3) is 22.4 Å². The number of imidazole rings is 1. The Morgan fingerprint density at radius 2 is 2.00 bits per heavy atom. The highest BCUT2D eigenvalue weighted by atomic mass is 19.1. The van der Waals surface area contributed by atoms with Gasteiger partial charge >= 0.3 is 0 Å². The first-order chi connectivity index (χ1) is 10.1. The Labute approximate surface area is 121 Å². The fraction of sp³-hybridized carbons (Fsp3) is 0.235. The molecule has 0 atom stereocenters. The van der Waals surface area contributed by atoms with Gasteiger partial charge in [0.2, 0.25) is 0 Å². The van der Waals surface area contributed by atoms with Crippen LogP contribution in [0, 0.1) is 12.7 Å². The first-order valence-corrected chi connectivity index (χ1v) is 7.11. The van der Waals surface area contributed by atoms with Crippen molar-refractivity contribution in [2.45, 2.75) is 25.8 Å². The quantitative estimate of drug-likeness (QED) is 0.765. The summed E-state index contributed by atoms with van der Waals surface area (Å²) in [4.78, 5) is 4.68. The van der Waals surface area contributed by atoms with Crippen molar-refractivity contribution in [2.75, 3.05) is 0 Å². The maximum atomic E-state index is 13.2. The predicted octanol–water partition coefficient (Wildman–Crippen LogP) is 4.19. The van der Waals surface area contributed by atoms with E-state index in [1.807, 2.05) is 13.0 Å². The van der Waals surface area contributed by atoms with Crippen molar-refractivity contribution in [1.29, 1.82) is 0 Å². The third-order valence-corrected chi connectivity index (χ3v) is 3.96. The van der Waals surface area contributed by atoms with Crippen molar-refractivity contribution in [2.24, 2.45) is 0 Å². The molecule has 3 aromatic rings. The number of phenolic OH excluding ortho intramolecular Hbond substituents is 1. The molecule has 1 aliphatic carbocycles. The summed E-state index contributed by atoms with van der Waals surface area (Å²) in [6, 6.07) is 10.7. The highest BCUT2D eigenvalue weighted by Crippen LogP contribution is 2.42. The fourth-order valence-corrected chi connectivity index (χ4v) is 2.80. The number of nitrogens with zero attached hydrogens (tertiary/aromatic N) is 2. The number of aromatic nitrogens is 2. The summed E-state index contributed by atoms with van der Waals surface area (Å²) in [5, 5.41) is 10.1. The van der Waals surface area contributed by atoms with Crippen molar-refractivity contribution in [3.63, 3.8) is 0 Å². The van der Waals surface area contributed by atoms with Gasteiger partial charge in [0.05, 0.1) is 16.6 Å². The molecule has 0 bridgehead atoms. The average Bonchev–Trinajstić information content (AvgIpc) is 3.20. The van der Waals surface area contributed by atoms with E-state index in [0.29, 0.717) is 11.6 Å². The number of aromatic hydroxyl groups is 1. The second-order valence-corrected chi connectivity index (χ2v) is 5.69. The van der Waals surface area contributed by atoms with Gasteiger partial charge in [-0.25, -0.2) is 9.37 Å². The van der Waals surface area contributed by atoms with Crippen molar-refractivity contribution >= 4 is 11.0 Å². The molecule has 2 aromatic carbocycles. The lowest BCUT2D eigenvalue weighted by Gasteiger charge is -2.09. The molecule has 0 saturated heterocycles. The molecule has 1 aromatic heterocycles. The minimum atomic E-state index is -0.443. The Kier molecular flexibility index (Phi) is 2.55. The van der Waals surface area contributed by atoms with Crippen molar-refractivity contribution < 1.29 is 9.50 Å². The summed E-state index contributed by atoms with van der Waals surface area (Å²) in [7, 11) is 0. The van der Waals surface area contributed by atoms with Gasteiger partial charge in [0.25, 0.3) is 0 Å². The number of halogens is 1. The van der Waals surface area contributed by atoms with Gasteiger partial charge < -0.3 is 9.67 Å². The van der Waals surface area contributed by atoms with E-state index < -0.39 is 5.82 Å². The summed E-state index contributed by atoms with van der Waals surface area (Å²) in [6.07, 6.45) is 2.24. The molecular formula is C17H15FN2O. The molecule has 0 radical (unpaired) electrons. The number of hydrogen-bond acceptors (Lipinski definition) is 2. The van der Waals surface area contributed by atoms with Gasteiger partial charge in [0, 0.05) is 12.1 Å². The Morgan fingerprint density at radius 1 is 1.19 bits per heavy atom. The molecule has 1 aliphatic rings. The van der Waals surface area contributed by atoms with E-state index >= 15 is 0 Å². The zero-order valence-electron chi connectivity index (χ0n) is 11.7. The maximum absolute atomic E-state index is 13.2. The third kappa shape index (κ3) is 1.98. The first kappa shape index (κ1) is 12.4. The molecule has 1 heterocycles. The molecule has 1 fully saturated rings. The first-order valence-electron chi connectivity index (χ1n) is 7.11. The minimum Gasteiger partial charge on any atom is -0.507 e. The molecule has 1 N–H and O–H groups in total. The monoisotopic (exact) mass is 282 g/mol. The maximum Gasteiger partial charge on any atom is 0.145 e. The molecule has 4 rings (SSSR count). The largest absolute Gasteiger partial charge is 0.507 e. The summed E-state index contributed by atoms with van der Waals surface area (Å²) < 4.78 is 15.4. The van der Waals surface area contributed by atoms with Crippen molar-refractivity contribution in [3.8, 4) is 17.1 Å². The summed E-state index contributed by atoms with van der Waals surface area (Å²) in [5.74, 6) is 0.209. The lowest BCUT2D eigenvalue weighted by molar-refractivity contribution is 0.470. The molecule has 1 saturated carbocycles. The summed E-state index contributed by atoms with van der Waals surface area (Å²) in [6.45, 7) is 2.03. The van der Waals surface area contributed by atoms with Gasteiger partial charge in [-0.15, -0.1) is 0 Å². The zero-order chi connectivity index (χ0) is 14.6. The lowest BCUT2D eigenvalue weighted by atomic mass is 10.2. The van der Waals surface area contributed by atoms with Crippen LogP contribution in [0.1, 0.15) is 24.4 Å². The van der Waals surface area contributed by atoms with Crippen LogP contribution in [0.2, 0.25) is 0 Å². The average molecular weight is 282 g/mol. The molecule has 106 valence electrons. The lowest BCUT2D eigenvalue weighted by Crippen LogP contribution is -1.97.